The zero-order chi connectivity index (χ0) is 17.6. The van der Waals surface area contributed by atoms with Crippen LogP contribution in [0.3, 0.4) is 0 Å². The molecule has 2 rings (SSSR count). The van der Waals surface area contributed by atoms with Crippen molar-refractivity contribution in [2.45, 2.75) is 44.8 Å². The summed E-state index contributed by atoms with van der Waals surface area (Å²) in [5.41, 5.74) is 1.10. The molecule has 24 heavy (non-hydrogen) atoms. The van der Waals surface area contributed by atoms with E-state index >= 15 is 0 Å². The monoisotopic (exact) mass is 334 g/mol. The van der Waals surface area contributed by atoms with Crippen LogP contribution in [-0.4, -0.2) is 56.3 Å². The Labute approximate surface area is 145 Å². The van der Waals surface area contributed by atoms with E-state index in [0.717, 1.165) is 31.6 Å². The van der Waals surface area contributed by atoms with Crippen LogP contribution in [0.1, 0.15) is 32.3 Å². The Kier molecular flexibility index (Phi) is 6.63. The van der Waals surface area contributed by atoms with Crippen LogP contribution in [0.4, 0.5) is 0 Å². The fourth-order valence-corrected chi connectivity index (χ4v) is 3.13. The van der Waals surface area contributed by atoms with E-state index in [0.29, 0.717) is 19.1 Å². The molecule has 0 bridgehead atoms. The average Bonchev–Trinajstić information content (AvgIpc) is 2.54. The topological polar surface area (TPSA) is 50.8 Å². The SMILES string of the molecule is COc1ccc(CCNC(=O)CN(C)[C@@H]2CCOC(C)(C)C2)cc1. The number of methoxy groups -OCH3 is 1. The number of hydrogen-bond donors (Lipinski definition) is 1. The van der Waals surface area contributed by atoms with Gasteiger partial charge in [0.2, 0.25) is 5.91 Å². The summed E-state index contributed by atoms with van der Waals surface area (Å²) in [5.74, 6) is 0.930. The van der Waals surface area contributed by atoms with Gasteiger partial charge in [0.1, 0.15) is 5.75 Å². The molecule has 0 aliphatic carbocycles. The molecule has 1 atom stereocenters. The van der Waals surface area contributed by atoms with Gasteiger partial charge in [-0.2, -0.15) is 0 Å². The standard InChI is InChI=1S/C19H30N2O3/c1-19(2)13-16(10-12-24-19)21(3)14-18(22)20-11-9-15-5-7-17(23-4)8-6-15/h5-8,16H,9-14H2,1-4H3,(H,20,22)/t16-/m1/s1. The highest BCUT2D eigenvalue weighted by Gasteiger charge is 2.31. The van der Waals surface area contributed by atoms with E-state index in [9.17, 15) is 4.79 Å². The van der Waals surface area contributed by atoms with Crippen molar-refractivity contribution in [3.8, 4) is 5.75 Å². The van der Waals surface area contributed by atoms with Crippen molar-refractivity contribution < 1.29 is 14.3 Å². The smallest absolute Gasteiger partial charge is 0.234 e. The molecule has 5 nitrogen and oxygen atoms in total. The first-order valence-corrected chi connectivity index (χ1v) is 8.63. The Morgan fingerprint density at radius 2 is 2.08 bits per heavy atom. The van der Waals surface area contributed by atoms with Crippen molar-refractivity contribution in [2.24, 2.45) is 0 Å². The molecule has 1 amide bonds. The van der Waals surface area contributed by atoms with Crippen LogP contribution >= 0.6 is 0 Å². The molecule has 1 fully saturated rings. The number of hydrogen-bond acceptors (Lipinski definition) is 4. The van der Waals surface area contributed by atoms with E-state index in [2.05, 4.69) is 24.1 Å². The lowest BCUT2D eigenvalue weighted by atomic mass is 9.93. The molecule has 1 aliphatic rings. The van der Waals surface area contributed by atoms with Gasteiger partial charge in [0.15, 0.2) is 0 Å². The zero-order valence-electron chi connectivity index (χ0n) is 15.3. The molecule has 1 aromatic rings. The molecule has 1 saturated heterocycles. The molecule has 0 saturated carbocycles. The van der Waals surface area contributed by atoms with E-state index in [1.54, 1.807) is 7.11 Å². The molecular formula is C19H30N2O3. The largest absolute Gasteiger partial charge is 0.497 e. The van der Waals surface area contributed by atoms with Crippen molar-refractivity contribution in [1.82, 2.24) is 10.2 Å². The molecule has 1 aliphatic heterocycles. The van der Waals surface area contributed by atoms with Crippen molar-refractivity contribution in [3.05, 3.63) is 29.8 Å². The zero-order valence-corrected chi connectivity index (χ0v) is 15.3. The Morgan fingerprint density at radius 3 is 2.71 bits per heavy atom. The summed E-state index contributed by atoms with van der Waals surface area (Å²) in [6.07, 6.45) is 2.77. The lowest BCUT2D eigenvalue weighted by molar-refractivity contribution is -0.124. The summed E-state index contributed by atoms with van der Waals surface area (Å²) >= 11 is 0. The number of amides is 1. The van der Waals surface area contributed by atoms with Gasteiger partial charge in [0.05, 0.1) is 19.3 Å². The van der Waals surface area contributed by atoms with E-state index in [4.69, 9.17) is 9.47 Å². The predicted molar refractivity (Wildman–Crippen MR) is 95.4 cm³/mol. The molecule has 0 spiro atoms. The fraction of sp³-hybridized carbons (Fsp3) is 0.632. The highest BCUT2D eigenvalue weighted by atomic mass is 16.5. The van der Waals surface area contributed by atoms with Crippen LogP contribution in [0.5, 0.6) is 5.75 Å². The van der Waals surface area contributed by atoms with Gasteiger partial charge in [0, 0.05) is 19.2 Å². The number of nitrogens with one attached hydrogen (secondary N) is 1. The molecule has 0 aromatic heterocycles. The van der Waals surface area contributed by atoms with Crippen LogP contribution in [0.25, 0.3) is 0 Å². The Morgan fingerprint density at radius 1 is 1.38 bits per heavy atom. The molecule has 0 radical (unpaired) electrons. The lowest BCUT2D eigenvalue weighted by Gasteiger charge is -2.39. The maximum Gasteiger partial charge on any atom is 0.234 e. The summed E-state index contributed by atoms with van der Waals surface area (Å²) in [5, 5.41) is 3.01. The van der Waals surface area contributed by atoms with Gasteiger partial charge in [-0.15, -0.1) is 0 Å². The predicted octanol–water partition coefficient (Wildman–Crippen LogP) is 2.24. The second-order valence-electron chi connectivity index (χ2n) is 7.12. The highest BCUT2D eigenvalue weighted by Crippen LogP contribution is 2.26. The van der Waals surface area contributed by atoms with Crippen LogP contribution in [0, 0.1) is 0 Å². The van der Waals surface area contributed by atoms with Crippen LogP contribution in [-0.2, 0) is 16.0 Å². The number of ether oxygens (including phenoxy) is 2. The normalized spacial score (nSPS) is 20.0. The minimum atomic E-state index is -0.0952. The summed E-state index contributed by atoms with van der Waals surface area (Å²) in [7, 11) is 3.68. The van der Waals surface area contributed by atoms with Gasteiger partial charge in [-0.3, -0.25) is 9.69 Å². The summed E-state index contributed by atoms with van der Waals surface area (Å²) < 4.78 is 10.9. The van der Waals surface area contributed by atoms with E-state index in [-0.39, 0.29) is 11.5 Å². The number of likely N-dealkylation sites (N-methyl/N-ethyl adjacent to an activating group) is 1. The molecule has 5 heteroatoms. The molecule has 0 unspecified atom stereocenters. The summed E-state index contributed by atoms with van der Waals surface area (Å²) in [6.45, 7) is 6.08. The van der Waals surface area contributed by atoms with Crippen molar-refractivity contribution >= 4 is 5.91 Å². The van der Waals surface area contributed by atoms with E-state index in [1.165, 1.54) is 5.56 Å². The molecule has 134 valence electrons. The number of carbonyl (C=O) groups is 1. The molecule has 1 heterocycles. The summed E-state index contributed by atoms with van der Waals surface area (Å²) in [6, 6.07) is 8.35. The first-order chi connectivity index (χ1) is 11.4. The van der Waals surface area contributed by atoms with Crippen molar-refractivity contribution in [2.75, 3.05) is 33.9 Å². The van der Waals surface area contributed by atoms with Crippen molar-refractivity contribution in [3.63, 3.8) is 0 Å². The van der Waals surface area contributed by atoms with Gasteiger partial charge >= 0.3 is 0 Å². The minimum absolute atomic E-state index is 0.0790. The maximum atomic E-state index is 12.1. The maximum absolute atomic E-state index is 12.1. The third kappa shape index (κ3) is 5.80. The molecule has 1 aromatic carbocycles. The lowest BCUT2D eigenvalue weighted by Crippen LogP contribution is -2.47. The molecule has 1 N–H and O–H groups in total. The van der Waals surface area contributed by atoms with Gasteiger partial charge in [-0.25, -0.2) is 0 Å². The van der Waals surface area contributed by atoms with Gasteiger partial charge in [-0.1, -0.05) is 12.1 Å². The average molecular weight is 334 g/mol. The second kappa shape index (κ2) is 8.49. The third-order valence-electron chi connectivity index (χ3n) is 4.58. The van der Waals surface area contributed by atoms with E-state index < -0.39 is 0 Å². The quantitative estimate of drug-likeness (QED) is 0.831. The number of carbonyl (C=O) groups excluding carboxylic acids is 1. The minimum Gasteiger partial charge on any atom is -0.497 e. The summed E-state index contributed by atoms with van der Waals surface area (Å²) in [4.78, 5) is 14.3. The van der Waals surface area contributed by atoms with Crippen LogP contribution in [0.2, 0.25) is 0 Å². The second-order valence-corrected chi connectivity index (χ2v) is 7.12. The first kappa shape index (κ1) is 18.7. The third-order valence-corrected chi connectivity index (χ3v) is 4.58. The van der Waals surface area contributed by atoms with Gasteiger partial charge in [0.25, 0.3) is 0 Å². The number of benzene rings is 1. The Hall–Kier alpha value is -1.59. The van der Waals surface area contributed by atoms with Gasteiger partial charge in [-0.05, 0) is 57.9 Å². The Bertz CT molecular complexity index is 528. The highest BCUT2D eigenvalue weighted by molar-refractivity contribution is 5.78. The Balaban J connectivity index is 1.70. The number of nitrogens with zero attached hydrogens (tertiary/aromatic N) is 1. The number of rotatable bonds is 7. The van der Waals surface area contributed by atoms with E-state index in [1.807, 2.05) is 31.3 Å². The fourth-order valence-electron chi connectivity index (χ4n) is 3.13. The first-order valence-electron chi connectivity index (χ1n) is 8.63. The van der Waals surface area contributed by atoms with Gasteiger partial charge < -0.3 is 14.8 Å². The molecular weight excluding hydrogens is 304 g/mol. The van der Waals surface area contributed by atoms with Crippen LogP contribution in [0.15, 0.2) is 24.3 Å². The van der Waals surface area contributed by atoms with Crippen LogP contribution < -0.4 is 10.1 Å². The van der Waals surface area contributed by atoms with Crippen molar-refractivity contribution in [1.29, 1.82) is 0 Å².